The van der Waals surface area contributed by atoms with Gasteiger partial charge in [0.2, 0.25) is 0 Å². The highest BCUT2D eigenvalue weighted by Crippen LogP contribution is 2.64. The van der Waals surface area contributed by atoms with Gasteiger partial charge in [-0.15, -0.1) is 0 Å². The molecule has 1 heteroatoms. The minimum absolute atomic E-state index is 0.563. The maximum atomic E-state index is 2.51. The summed E-state index contributed by atoms with van der Waals surface area (Å²) >= 11 is 0. The third kappa shape index (κ3) is 6.47. The molecule has 0 saturated carbocycles. The van der Waals surface area contributed by atoms with Crippen LogP contribution in [0.25, 0.3) is 77.9 Å². The zero-order valence-corrected chi connectivity index (χ0v) is 37.4. The molecule has 11 aromatic rings. The van der Waals surface area contributed by atoms with E-state index in [0.29, 0.717) is 0 Å². The summed E-state index contributed by atoms with van der Waals surface area (Å²) in [6.07, 6.45) is 0. The number of benzene rings is 11. The number of hydrogen-bond acceptors (Lipinski definition) is 1. The van der Waals surface area contributed by atoms with Crippen molar-refractivity contribution >= 4 is 17.1 Å². The lowest BCUT2D eigenvalue weighted by Crippen LogP contribution is -2.26. The Bertz CT molecular complexity index is 3480. The molecule has 318 valence electrons. The Morgan fingerprint density at radius 2 is 0.529 bits per heavy atom. The number of nitrogens with zero attached hydrogens (tertiary/aromatic N) is 1. The largest absolute Gasteiger partial charge is 0.310 e. The summed E-state index contributed by atoms with van der Waals surface area (Å²) in [6.45, 7) is 0. The Morgan fingerprint density at radius 1 is 0.191 bits per heavy atom. The Labute approximate surface area is 398 Å². The van der Waals surface area contributed by atoms with Crippen molar-refractivity contribution < 1.29 is 0 Å². The van der Waals surface area contributed by atoms with E-state index < -0.39 is 5.41 Å². The first-order valence-electron chi connectivity index (χ1n) is 23.6. The highest BCUT2D eigenvalue weighted by Gasteiger charge is 2.52. The molecule has 0 atom stereocenters. The molecular weight excluding hydrogens is 819 g/mol. The molecule has 1 nitrogen and oxygen atoms in total. The summed E-state index contributed by atoms with van der Waals surface area (Å²) in [5, 5.41) is 0. The fourth-order valence-corrected chi connectivity index (χ4v) is 11.2. The van der Waals surface area contributed by atoms with Crippen LogP contribution in [0.2, 0.25) is 0 Å². The van der Waals surface area contributed by atoms with Gasteiger partial charge < -0.3 is 4.90 Å². The molecule has 0 aromatic heterocycles. The molecular formula is C67H45N. The molecule has 2 aliphatic rings. The van der Waals surface area contributed by atoms with Crippen molar-refractivity contribution in [3.8, 4) is 77.9 Å². The lowest BCUT2D eigenvalue weighted by atomic mass is 9.70. The first kappa shape index (κ1) is 39.6. The maximum Gasteiger partial charge on any atom is 0.0726 e. The standard InChI is InChI=1S/C67H45N/c1-5-19-46(20-6-1)50-27-17-29-56(42-50)68(57-30-18-28-51(43-57)47-21-7-2-8-22-47)58-36-38-62-61-37-35-52(55-40-53(48-23-9-3-10-24-48)39-54(41-55)49-25-11-4-12-26-49)44-65(61)67(66(62)45-58)63-33-15-13-31-59(63)60-32-14-16-34-64(60)67/h1-45H. The van der Waals surface area contributed by atoms with Crippen LogP contribution in [0.5, 0.6) is 0 Å². The monoisotopic (exact) mass is 863 g/mol. The van der Waals surface area contributed by atoms with E-state index in [9.17, 15) is 0 Å². The van der Waals surface area contributed by atoms with Crippen LogP contribution >= 0.6 is 0 Å². The molecule has 0 fully saturated rings. The number of fused-ring (bicyclic) bond motifs is 10. The Balaban J connectivity index is 1.04. The smallest absolute Gasteiger partial charge is 0.0726 e. The molecule has 0 heterocycles. The second kappa shape index (κ2) is 16.3. The van der Waals surface area contributed by atoms with E-state index in [2.05, 4.69) is 278 Å². The van der Waals surface area contributed by atoms with Crippen molar-refractivity contribution in [2.45, 2.75) is 5.41 Å². The summed E-state index contributed by atoms with van der Waals surface area (Å²) in [5.41, 5.74) is 25.1. The van der Waals surface area contributed by atoms with E-state index in [1.807, 2.05) is 0 Å². The number of anilines is 3. The van der Waals surface area contributed by atoms with Crippen LogP contribution in [0.4, 0.5) is 17.1 Å². The van der Waals surface area contributed by atoms with Crippen LogP contribution in [-0.2, 0) is 5.41 Å². The third-order valence-corrected chi connectivity index (χ3v) is 14.2. The van der Waals surface area contributed by atoms with Gasteiger partial charge in [0.15, 0.2) is 0 Å². The maximum absolute atomic E-state index is 2.51. The average molecular weight is 864 g/mol. The Morgan fingerprint density at radius 3 is 1.01 bits per heavy atom. The van der Waals surface area contributed by atoms with Gasteiger partial charge in [0.25, 0.3) is 0 Å². The second-order valence-corrected chi connectivity index (χ2v) is 18.0. The van der Waals surface area contributed by atoms with Crippen molar-refractivity contribution in [3.05, 3.63) is 295 Å². The lowest BCUT2D eigenvalue weighted by molar-refractivity contribution is 0.794. The molecule has 0 unspecified atom stereocenters. The van der Waals surface area contributed by atoms with Gasteiger partial charge in [-0.2, -0.15) is 0 Å². The van der Waals surface area contributed by atoms with E-state index >= 15 is 0 Å². The Hall–Kier alpha value is -8.78. The summed E-state index contributed by atoms with van der Waals surface area (Å²) in [4.78, 5) is 2.45. The van der Waals surface area contributed by atoms with Gasteiger partial charge in [0.05, 0.1) is 5.41 Å². The third-order valence-electron chi connectivity index (χ3n) is 14.2. The Kier molecular flexibility index (Phi) is 9.47. The fraction of sp³-hybridized carbons (Fsp3) is 0.0149. The highest BCUT2D eigenvalue weighted by atomic mass is 15.1. The van der Waals surface area contributed by atoms with Gasteiger partial charge in [-0.05, 0) is 161 Å². The van der Waals surface area contributed by atoms with Gasteiger partial charge in [-0.1, -0.05) is 212 Å². The van der Waals surface area contributed by atoms with Crippen molar-refractivity contribution in [3.63, 3.8) is 0 Å². The van der Waals surface area contributed by atoms with Crippen LogP contribution in [0.3, 0.4) is 0 Å². The number of rotatable bonds is 8. The minimum atomic E-state index is -0.563. The van der Waals surface area contributed by atoms with Crippen molar-refractivity contribution in [1.29, 1.82) is 0 Å². The van der Waals surface area contributed by atoms with Gasteiger partial charge in [0.1, 0.15) is 0 Å². The van der Waals surface area contributed by atoms with Gasteiger partial charge in [0, 0.05) is 17.1 Å². The molecule has 0 saturated heterocycles. The molecule has 0 radical (unpaired) electrons. The molecule has 0 N–H and O–H groups in total. The van der Waals surface area contributed by atoms with E-state index in [0.717, 1.165) is 17.1 Å². The van der Waals surface area contributed by atoms with Gasteiger partial charge in [-0.25, -0.2) is 0 Å². The molecule has 11 aromatic carbocycles. The molecule has 0 aliphatic heterocycles. The van der Waals surface area contributed by atoms with E-state index in [-0.39, 0.29) is 0 Å². The second-order valence-electron chi connectivity index (χ2n) is 18.0. The van der Waals surface area contributed by atoms with Gasteiger partial charge >= 0.3 is 0 Å². The molecule has 2 aliphatic carbocycles. The van der Waals surface area contributed by atoms with Gasteiger partial charge in [-0.3, -0.25) is 0 Å². The molecule has 68 heavy (non-hydrogen) atoms. The molecule has 0 bridgehead atoms. The number of hydrogen-bond donors (Lipinski definition) is 0. The topological polar surface area (TPSA) is 3.24 Å². The zero-order valence-electron chi connectivity index (χ0n) is 37.4. The summed E-state index contributed by atoms with van der Waals surface area (Å²) in [6, 6.07) is 101. The predicted octanol–water partition coefficient (Wildman–Crippen LogP) is 17.8. The van der Waals surface area contributed by atoms with Crippen LogP contribution in [-0.4, -0.2) is 0 Å². The fourth-order valence-electron chi connectivity index (χ4n) is 11.2. The normalized spacial score (nSPS) is 12.5. The van der Waals surface area contributed by atoms with Crippen molar-refractivity contribution in [1.82, 2.24) is 0 Å². The summed E-state index contributed by atoms with van der Waals surface area (Å²) in [7, 11) is 0. The highest BCUT2D eigenvalue weighted by molar-refractivity contribution is 5.98. The summed E-state index contributed by atoms with van der Waals surface area (Å²) in [5.74, 6) is 0. The lowest BCUT2D eigenvalue weighted by Gasteiger charge is -2.32. The SMILES string of the molecule is c1ccc(-c2cc(-c3ccccc3)cc(-c3ccc4c(c3)C3(c5ccccc5-c5ccccc53)c3cc(N(c5cccc(-c6ccccc6)c5)c5cccc(-c6ccccc6)c5)ccc3-4)c2)cc1. The first-order chi connectivity index (χ1) is 33.7. The van der Waals surface area contributed by atoms with Crippen LogP contribution in [0, 0.1) is 0 Å². The van der Waals surface area contributed by atoms with Crippen LogP contribution in [0.1, 0.15) is 22.3 Å². The molecule has 13 rings (SSSR count). The predicted molar refractivity (Wildman–Crippen MR) is 285 cm³/mol. The van der Waals surface area contributed by atoms with E-state index in [1.165, 1.54) is 100 Å². The zero-order chi connectivity index (χ0) is 45.0. The van der Waals surface area contributed by atoms with Crippen LogP contribution in [0.15, 0.2) is 273 Å². The first-order valence-corrected chi connectivity index (χ1v) is 23.6. The molecule has 0 amide bonds. The van der Waals surface area contributed by atoms with E-state index in [1.54, 1.807) is 0 Å². The van der Waals surface area contributed by atoms with Crippen molar-refractivity contribution in [2.24, 2.45) is 0 Å². The molecule has 1 spiro atoms. The average Bonchev–Trinajstić information content (AvgIpc) is 3.89. The minimum Gasteiger partial charge on any atom is -0.310 e. The van der Waals surface area contributed by atoms with E-state index in [4.69, 9.17) is 0 Å². The summed E-state index contributed by atoms with van der Waals surface area (Å²) < 4.78 is 0. The van der Waals surface area contributed by atoms with Crippen LogP contribution < -0.4 is 4.90 Å². The quantitative estimate of drug-likeness (QED) is 0.147. The van der Waals surface area contributed by atoms with Crippen molar-refractivity contribution in [2.75, 3.05) is 4.90 Å².